The Morgan fingerprint density at radius 2 is 2.12 bits per heavy atom. The standard InChI is InChI=1S/C13H22N2O2/c1-5-9-14-10-13(7-6-8-13)15-11(16)17-12(2,3)4/h1,14H,6-10H2,2-4H3,(H,15,16). The number of alkyl carbamates (subject to hydrolysis) is 1. The minimum absolute atomic E-state index is 0.167. The smallest absolute Gasteiger partial charge is 0.408 e. The van der Waals surface area contributed by atoms with E-state index in [2.05, 4.69) is 16.6 Å². The van der Waals surface area contributed by atoms with Gasteiger partial charge in [-0.3, -0.25) is 0 Å². The molecule has 0 aliphatic heterocycles. The molecule has 0 unspecified atom stereocenters. The number of carbonyl (C=O) groups is 1. The van der Waals surface area contributed by atoms with Crippen molar-refractivity contribution in [3.63, 3.8) is 0 Å². The molecule has 0 radical (unpaired) electrons. The monoisotopic (exact) mass is 238 g/mol. The van der Waals surface area contributed by atoms with Crippen LogP contribution in [0.25, 0.3) is 0 Å². The molecule has 0 bridgehead atoms. The Bertz CT molecular complexity index is 308. The van der Waals surface area contributed by atoms with Crippen molar-refractivity contribution in [1.82, 2.24) is 10.6 Å². The second kappa shape index (κ2) is 5.42. The van der Waals surface area contributed by atoms with Crippen LogP contribution in [0.15, 0.2) is 0 Å². The molecule has 0 aromatic heterocycles. The molecule has 1 saturated carbocycles. The Labute approximate surface area is 103 Å². The van der Waals surface area contributed by atoms with Crippen molar-refractivity contribution in [2.45, 2.75) is 51.2 Å². The molecule has 1 fully saturated rings. The van der Waals surface area contributed by atoms with Crippen LogP contribution in [0.3, 0.4) is 0 Å². The van der Waals surface area contributed by atoms with E-state index in [1.54, 1.807) is 0 Å². The predicted octanol–water partition coefficient (Wildman–Crippen LogP) is 1.66. The number of ether oxygens (including phenoxy) is 1. The van der Waals surface area contributed by atoms with Crippen LogP contribution in [-0.2, 0) is 4.74 Å². The van der Waals surface area contributed by atoms with E-state index in [1.807, 2.05) is 20.8 Å². The molecule has 0 aromatic carbocycles. The zero-order valence-electron chi connectivity index (χ0n) is 10.9. The lowest BCUT2D eigenvalue weighted by molar-refractivity contribution is 0.0384. The zero-order chi connectivity index (χ0) is 12.9. The molecule has 1 amide bonds. The van der Waals surface area contributed by atoms with Gasteiger partial charge in [-0.05, 0) is 40.0 Å². The van der Waals surface area contributed by atoms with Gasteiger partial charge in [0.2, 0.25) is 0 Å². The minimum atomic E-state index is -0.457. The Hall–Kier alpha value is -1.21. The van der Waals surface area contributed by atoms with Crippen LogP contribution in [0, 0.1) is 12.3 Å². The summed E-state index contributed by atoms with van der Waals surface area (Å²) in [5.74, 6) is 2.52. The summed E-state index contributed by atoms with van der Waals surface area (Å²) < 4.78 is 5.26. The van der Waals surface area contributed by atoms with Gasteiger partial charge in [-0.1, -0.05) is 5.92 Å². The van der Waals surface area contributed by atoms with E-state index >= 15 is 0 Å². The van der Waals surface area contributed by atoms with Gasteiger partial charge in [-0.2, -0.15) is 0 Å². The summed E-state index contributed by atoms with van der Waals surface area (Å²) in [6, 6.07) is 0. The van der Waals surface area contributed by atoms with E-state index in [-0.39, 0.29) is 11.6 Å². The Kier molecular flexibility index (Phi) is 4.41. The first-order valence-electron chi connectivity index (χ1n) is 6.02. The first-order valence-corrected chi connectivity index (χ1v) is 6.02. The molecule has 0 aromatic rings. The van der Waals surface area contributed by atoms with E-state index in [0.717, 1.165) is 19.3 Å². The van der Waals surface area contributed by atoms with Gasteiger partial charge in [-0.25, -0.2) is 4.79 Å². The fraction of sp³-hybridized carbons (Fsp3) is 0.769. The van der Waals surface area contributed by atoms with Gasteiger partial charge in [0.15, 0.2) is 0 Å². The number of terminal acetylenes is 1. The topological polar surface area (TPSA) is 50.4 Å². The summed E-state index contributed by atoms with van der Waals surface area (Å²) in [6.07, 6.45) is 7.91. The molecule has 1 aliphatic rings. The minimum Gasteiger partial charge on any atom is -0.444 e. The number of rotatable bonds is 4. The van der Waals surface area contributed by atoms with Crippen LogP contribution < -0.4 is 10.6 Å². The number of nitrogens with one attached hydrogen (secondary N) is 2. The molecule has 0 atom stereocenters. The lowest BCUT2D eigenvalue weighted by Gasteiger charge is -2.42. The molecule has 1 rings (SSSR count). The van der Waals surface area contributed by atoms with Crippen molar-refractivity contribution in [1.29, 1.82) is 0 Å². The summed E-state index contributed by atoms with van der Waals surface area (Å²) in [7, 11) is 0. The summed E-state index contributed by atoms with van der Waals surface area (Å²) in [5, 5.41) is 6.09. The molecule has 17 heavy (non-hydrogen) atoms. The summed E-state index contributed by atoms with van der Waals surface area (Å²) in [5.41, 5.74) is -0.625. The van der Waals surface area contributed by atoms with Crippen LogP contribution in [0.2, 0.25) is 0 Å². The van der Waals surface area contributed by atoms with E-state index in [4.69, 9.17) is 11.2 Å². The van der Waals surface area contributed by atoms with Gasteiger partial charge < -0.3 is 15.4 Å². The van der Waals surface area contributed by atoms with E-state index in [0.29, 0.717) is 13.1 Å². The van der Waals surface area contributed by atoms with Crippen molar-refractivity contribution < 1.29 is 9.53 Å². The van der Waals surface area contributed by atoms with Gasteiger partial charge in [-0.15, -0.1) is 6.42 Å². The highest BCUT2D eigenvalue weighted by atomic mass is 16.6. The number of amides is 1. The molecule has 0 spiro atoms. The largest absolute Gasteiger partial charge is 0.444 e. The highest BCUT2D eigenvalue weighted by Crippen LogP contribution is 2.31. The Morgan fingerprint density at radius 1 is 1.47 bits per heavy atom. The summed E-state index contributed by atoms with van der Waals surface area (Å²) >= 11 is 0. The molecule has 4 heteroatoms. The second-order valence-corrected chi connectivity index (χ2v) is 5.57. The van der Waals surface area contributed by atoms with Crippen molar-refractivity contribution >= 4 is 6.09 Å². The Balaban J connectivity index is 2.41. The third-order valence-electron chi connectivity index (χ3n) is 2.77. The average molecular weight is 238 g/mol. The first kappa shape index (κ1) is 13.9. The maximum Gasteiger partial charge on any atom is 0.408 e. The quantitative estimate of drug-likeness (QED) is 0.578. The van der Waals surface area contributed by atoms with Crippen LogP contribution in [0.1, 0.15) is 40.0 Å². The predicted molar refractivity (Wildman–Crippen MR) is 67.7 cm³/mol. The highest BCUT2D eigenvalue weighted by molar-refractivity contribution is 5.69. The van der Waals surface area contributed by atoms with Crippen molar-refractivity contribution in [2.75, 3.05) is 13.1 Å². The van der Waals surface area contributed by atoms with Crippen molar-refractivity contribution in [3.8, 4) is 12.3 Å². The van der Waals surface area contributed by atoms with Crippen molar-refractivity contribution in [3.05, 3.63) is 0 Å². The third-order valence-corrected chi connectivity index (χ3v) is 2.77. The van der Waals surface area contributed by atoms with Crippen LogP contribution in [0.5, 0.6) is 0 Å². The molecule has 96 valence electrons. The van der Waals surface area contributed by atoms with E-state index < -0.39 is 5.60 Å². The van der Waals surface area contributed by atoms with Gasteiger partial charge in [0.1, 0.15) is 5.60 Å². The number of carbonyl (C=O) groups excluding carboxylic acids is 1. The molecule has 4 nitrogen and oxygen atoms in total. The molecule has 0 saturated heterocycles. The van der Waals surface area contributed by atoms with Gasteiger partial charge in [0, 0.05) is 6.54 Å². The van der Waals surface area contributed by atoms with Crippen LogP contribution in [0.4, 0.5) is 4.79 Å². The van der Waals surface area contributed by atoms with Crippen LogP contribution >= 0.6 is 0 Å². The summed E-state index contributed by atoms with van der Waals surface area (Å²) in [6.45, 7) is 6.80. The Morgan fingerprint density at radius 3 is 2.53 bits per heavy atom. The van der Waals surface area contributed by atoms with Crippen LogP contribution in [-0.4, -0.2) is 30.3 Å². The molecular formula is C13H22N2O2. The number of hydrogen-bond donors (Lipinski definition) is 2. The maximum absolute atomic E-state index is 11.7. The van der Waals surface area contributed by atoms with Crippen molar-refractivity contribution in [2.24, 2.45) is 0 Å². The van der Waals surface area contributed by atoms with Gasteiger partial charge in [0.05, 0.1) is 12.1 Å². The fourth-order valence-corrected chi connectivity index (χ4v) is 1.84. The average Bonchev–Trinajstić information content (AvgIpc) is 2.11. The lowest BCUT2D eigenvalue weighted by Crippen LogP contribution is -2.59. The molecule has 1 aliphatic carbocycles. The SMILES string of the molecule is C#CCNCC1(NC(=O)OC(C)(C)C)CCC1. The third kappa shape index (κ3) is 4.66. The molecular weight excluding hydrogens is 216 g/mol. The first-order chi connectivity index (χ1) is 7.87. The molecule has 2 N–H and O–H groups in total. The van der Waals surface area contributed by atoms with Gasteiger partial charge in [0.25, 0.3) is 0 Å². The van der Waals surface area contributed by atoms with Gasteiger partial charge >= 0.3 is 6.09 Å². The fourth-order valence-electron chi connectivity index (χ4n) is 1.84. The zero-order valence-corrected chi connectivity index (χ0v) is 10.9. The number of hydrogen-bond acceptors (Lipinski definition) is 3. The normalized spacial score (nSPS) is 17.8. The van der Waals surface area contributed by atoms with E-state index in [9.17, 15) is 4.79 Å². The lowest BCUT2D eigenvalue weighted by atomic mass is 9.77. The highest BCUT2D eigenvalue weighted by Gasteiger charge is 2.39. The maximum atomic E-state index is 11.7. The summed E-state index contributed by atoms with van der Waals surface area (Å²) in [4.78, 5) is 11.7. The second-order valence-electron chi connectivity index (χ2n) is 5.57. The molecule has 0 heterocycles. The van der Waals surface area contributed by atoms with E-state index in [1.165, 1.54) is 0 Å².